The lowest BCUT2D eigenvalue weighted by Gasteiger charge is -2.29. The number of nitrogens with two attached hydrogens (primary N) is 1. The van der Waals surface area contributed by atoms with E-state index in [2.05, 4.69) is 5.32 Å². The van der Waals surface area contributed by atoms with Gasteiger partial charge in [0.15, 0.2) is 0 Å². The molecule has 0 bridgehead atoms. The predicted molar refractivity (Wildman–Crippen MR) is 67.8 cm³/mol. The normalized spacial score (nSPS) is 14.1. The molecular weight excluding hydrogens is 216 g/mol. The SMILES string of the molecule is CCNC(C)(C(N)=O)c1ccccc1OCC. The molecule has 0 aliphatic rings. The Morgan fingerprint density at radius 3 is 2.59 bits per heavy atom. The molecule has 0 radical (unpaired) electrons. The lowest BCUT2D eigenvalue weighted by atomic mass is 9.90. The zero-order valence-corrected chi connectivity index (χ0v) is 10.6. The van der Waals surface area contributed by atoms with Crippen molar-refractivity contribution in [1.29, 1.82) is 0 Å². The first-order valence-electron chi connectivity index (χ1n) is 5.83. The van der Waals surface area contributed by atoms with Gasteiger partial charge in [0, 0.05) is 5.56 Å². The van der Waals surface area contributed by atoms with E-state index in [0.717, 1.165) is 5.56 Å². The van der Waals surface area contributed by atoms with Crippen LogP contribution in [0.15, 0.2) is 24.3 Å². The summed E-state index contributed by atoms with van der Waals surface area (Å²) in [6, 6.07) is 7.45. The van der Waals surface area contributed by atoms with E-state index >= 15 is 0 Å². The number of hydrogen-bond acceptors (Lipinski definition) is 3. The van der Waals surface area contributed by atoms with Crippen molar-refractivity contribution in [2.75, 3.05) is 13.2 Å². The highest BCUT2D eigenvalue weighted by molar-refractivity contribution is 5.86. The van der Waals surface area contributed by atoms with Crippen LogP contribution >= 0.6 is 0 Å². The highest BCUT2D eigenvalue weighted by atomic mass is 16.5. The first-order valence-corrected chi connectivity index (χ1v) is 5.83. The van der Waals surface area contributed by atoms with E-state index in [1.165, 1.54) is 0 Å². The van der Waals surface area contributed by atoms with Crippen LogP contribution in [0.3, 0.4) is 0 Å². The second kappa shape index (κ2) is 5.68. The molecule has 4 nitrogen and oxygen atoms in total. The van der Waals surface area contributed by atoms with Gasteiger partial charge in [0.25, 0.3) is 0 Å². The maximum absolute atomic E-state index is 11.7. The number of benzene rings is 1. The van der Waals surface area contributed by atoms with Gasteiger partial charge in [-0.25, -0.2) is 0 Å². The molecule has 1 rings (SSSR count). The van der Waals surface area contributed by atoms with Crippen LogP contribution in [-0.2, 0) is 10.3 Å². The average Bonchev–Trinajstić information content (AvgIpc) is 2.30. The highest BCUT2D eigenvalue weighted by Gasteiger charge is 2.34. The lowest BCUT2D eigenvalue weighted by Crippen LogP contribution is -2.50. The number of carbonyl (C=O) groups is 1. The third kappa shape index (κ3) is 2.77. The Kier molecular flexibility index (Phi) is 4.52. The van der Waals surface area contributed by atoms with Gasteiger partial charge in [-0.1, -0.05) is 25.1 Å². The number of amides is 1. The summed E-state index contributed by atoms with van der Waals surface area (Å²) in [5, 5.41) is 3.12. The largest absolute Gasteiger partial charge is 0.494 e. The lowest BCUT2D eigenvalue weighted by molar-refractivity contribution is -0.124. The number of hydrogen-bond donors (Lipinski definition) is 2. The fraction of sp³-hybridized carbons (Fsp3) is 0.462. The minimum atomic E-state index is -0.902. The quantitative estimate of drug-likeness (QED) is 0.784. The molecular formula is C13H20N2O2. The smallest absolute Gasteiger partial charge is 0.242 e. The summed E-state index contributed by atoms with van der Waals surface area (Å²) in [5.74, 6) is 0.281. The molecule has 94 valence electrons. The number of ether oxygens (including phenoxy) is 1. The number of nitrogens with one attached hydrogen (secondary N) is 1. The second-order valence-electron chi connectivity index (χ2n) is 3.95. The van der Waals surface area contributed by atoms with E-state index in [1.807, 2.05) is 38.1 Å². The predicted octanol–water partition coefficient (Wildman–Crippen LogP) is 1.40. The van der Waals surface area contributed by atoms with Gasteiger partial charge in [-0.05, 0) is 26.5 Å². The van der Waals surface area contributed by atoms with Crippen LogP contribution in [0.25, 0.3) is 0 Å². The topological polar surface area (TPSA) is 64.3 Å². The number of primary amides is 1. The van der Waals surface area contributed by atoms with Crippen molar-refractivity contribution in [2.45, 2.75) is 26.3 Å². The molecule has 4 heteroatoms. The molecule has 0 aliphatic heterocycles. The first-order chi connectivity index (χ1) is 8.06. The Morgan fingerprint density at radius 1 is 1.41 bits per heavy atom. The van der Waals surface area contributed by atoms with E-state index in [9.17, 15) is 4.79 Å². The summed E-state index contributed by atoms with van der Waals surface area (Å²) in [6.45, 7) is 6.82. The summed E-state index contributed by atoms with van der Waals surface area (Å²) in [6.07, 6.45) is 0. The maximum atomic E-state index is 11.7. The highest BCUT2D eigenvalue weighted by Crippen LogP contribution is 2.29. The molecule has 1 unspecified atom stereocenters. The van der Waals surface area contributed by atoms with Gasteiger partial charge < -0.3 is 15.8 Å². The molecule has 17 heavy (non-hydrogen) atoms. The van der Waals surface area contributed by atoms with Crippen LogP contribution in [-0.4, -0.2) is 19.1 Å². The summed E-state index contributed by atoms with van der Waals surface area (Å²) in [5.41, 5.74) is 5.37. The van der Waals surface area contributed by atoms with Gasteiger partial charge in [-0.3, -0.25) is 4.79 Å². The molecule has 0 saturated carbocycles. The van der Waals surface area contributed by atoms with E-state index < -0.39 is 11.4 Å². The zero-order valence-electron chi connectivity index (χ0n) is 10.6. The van der Waals surface area contributed by atoms with Crippen molar-refractivity contribution in [3.8, 4) is 5.75 Å². The van der Waals surface area contributed by atoms with Gasteiger partial charge >= 0.3 is 0 Å². The third-order valence-corrected chi connectivity index (χ3v) is 2.75. The minimum Gasteiger partial charge on any atom is -0.494 e. The molecule has 1 atom stereocenters. The molecule has 1 aromatic rings. The summed E-state index contributed by atoms with van der Waals surface area (Å²) < 4.78 is 5.53. The summed E-state index contributed by atoms with van der Waals surface area (Å²) >= 11 is 0. The Balaban J connectivity index is 3.22. The third-order valence-electron chi connectivity index (χ3n) is 2.75. The number of likely N-dealkylation sites (N-methyl/N-ethyl adjacent to an activating group) is 1. The van der Waals surface area contributed by atoms with Crippen molar-refractivity contribution < 1.29 is 9.53 Å². The Bertz CT molecular complexity index is 393. The average molecular weight is 236 g/mol. The Morgan fingerprint density at radius 2 is 2.06 bits per heavy atom. The monoisotopic (exact) mass is 236 g/mol. The maximum Gasteiger partial charge on any atom is 0.242 e. The molecule has 0 spiro atoms. The van der Waals surface area contributed by atoms with Crippen LogP contribution < -0.4 is 15.8 Å². The Labute approximate surface area is 102 Å². The molecule has 1 amide bonds. The van der Waals surface area contributed by atoms with Gasteiger partial charge in [-0.2, -0.15) is 0 Å². The summed E-state index contributed by atoms with van der Waals surface area (Å²) in [7, 11) is 0. The van der Waals surface area contributed by atoms with Crippen LogP contribution in [0, 0.1) is 0 Å². The van der Waals surface area contributed by atoms with Gasteiger partial charge in [-0.15, -0.1) is 0 Å². The molecule has 0 aliphatic carbocycles. The zero-order chi connectivity index (χ0) is 12.9. The number of carbonyl (C=O) groups excluding carboxylic acids is 1. The molecule has 1 aromatic carbocycles. The molecule has 0 aromatic heterocycles. The Hall–Kier alpha value is -1.55. The molecule has 0 saturated heterocycles. The molecule has 3 N–H and O–H groups in total. The second-order valence-corrected chi connectivity index (χ2v) is 3.95. The van der Waals surface area contributed by atoms with Crippen LogP contribution in [0.2, 0.25) is 0 Å². The van der Waals surface area contributed by atoms with E-state index in [4.69, 9.17) is 10.5 Å². The van der Waals surface area contributed by atoms with E-state index in [0.29, 0.717) is 18.9 Å². The first kappa shape index (κ1) is 13.5. The fourth-order valence-electron chi connectivity index (χ4n) is 1.83. The fourth-order valence-corrected chi connectivity index (χ4v) is 1.83. The van der Waals surface area contributed by atoms with Gasteiger partial charge in [0.1, 0.15) is 11.3 Å². The van der Waals surface area contributed by atoms with E-state index in [1.54, 1.807) is 6.92 Å². The minimum absolute atomic E-state index is 0.411. The van der Waals surface area contributed by atoms with Gasteiger partial charge in [0.2, 0.25) is 5.91 Å². The van der Waals surface area contributed by atoms with Gasteiger partial charge in [0.05, 0.1) is 6.61 Å². The number of rotatable bonds is 6. The van der Waals surface area contributed by atoms with Crippen LogP contribution in [0.5, 0.6) is 5.75 Å². The van der Waals surface area contributed by atoms with E-state index in [-0.39, 0.29) is 0 Å². The van der Waals surface area contributed by atoms with Crippen molar-refractivity contribution in [1.82, 2.24) is 5.32 Å². The molecule has 0 fully saturated rings. The van der Waals surface area contributed by atoms with Crippen molar-refractivity contribution in [3.05, 3.63) is 29.8 Å². The molecule has 0 heterocycles. The van der Waals surface area contributed by atoms with Crippen molar-refractivity contribution in [3.63, 3.8) is 0 Å². The summed E-state index contributed by atoms with van der Waals surface area (Å²) in [4.78, 5) is 11.7. The van der Waals surface area contributed by atoms with Crippen molar-refractivity contribution in [2.24, 2.45) is 5.73 Å². The van der Waals surface area contributed by atoms with Crippen LogP contribution in [0.1, 0.15) is 26.3 Å². The van der Waals surface area contributed by atoms with Crippen LogP contribution in [0.4, 0.5) is 0 Å². The number of para-hydroxylation sites is 1. The van der Waals surface area contributed by atoms with Crippen molar-refractivity contribution >= 4 is 5.91 Å². The standard InChI is InChI=1S/C13H20N2O2/c1-4-15-13(3,12(14)16)10-8-6-7-9-11(10)17-5-2/h6-9,15H,4-5H2,1-3H3,(H2,14,16).